The van der Waals surface area contributed by atoms with Gasteiger partial charge in [0.2, 0.25) is 0 Å². The second kappa shape index (κ2) is 4.97. The van der Waals surface area contributed by atoms with Crippen LogP contribution < -0.4 is 0 Å². The van der Waals surface area contributed by atoms with E-state index in [4.69, 9.17) is 9.47 Å². The van der Waals surface area contributed by atoms with E-state index in [2.05, 4.69) is 13.8 Å². The smallest absolute Gasteiger partial charge is 0.320 e. The molecule has 0 bridgehead atoms. The van der Waals surface area contributed by atoms with Gasteiger partial charge in [0.25, 0.3) is 0 Å². The first kappa shape index (κ1) is 14.8. The Morgan fingerprint density at radius 1 is 1.09 bits per heavy atom. The predicted molar refractivity (Wildman–Crippen MR) is 81.6 cm³/mol. The average Bonchev–Trinajstić information content (AvgIpc) is 2.78. The van der Waals surface area contributed by atoms with E-state index in [9.17, 15) is 9.59 Å². The van der Waals surface area contributed by atoms with Gasteiger partial charge < -0.3 is 9.47 Å². The maximum atomic E-state index is 12.6. The molecule has 0 saturated heterocycles. The highest BCUT2D eigenvalue weighted by Gasteiger charge is 2.56. The zero-order chi connectivity index (χ0) is 16.1. The van der Waals surface area contributed by atoms with Gasteiger partial charge in [-0.1, -0.05) is 44.2 Å². The lowest BCUT2D eigenvalue weighted by atomic mass is 9.68. The summed E-state index contributed by atoms with van der Waals surface area (Å²) in [7, 11) is 2.79. The molecule has 1 aromatic rings. The third-order valence-electron chi connectivity index (χ3n) is 5.37. The molecule has 1 aromatic carbocycles. The molecule has 0 aliphatic heterocycles. The van der Waals surface area contributed by atoms with Crippen molar-refractivity contribution in [3.63, 3.8) is 0 Å². The van der Waals surface area contributed by atoms with Crippen molar-refractivity contribution in [2.75, 3.05) is 14.2 Å². The van der Waals surface area contributed by atoms with E-state index in [-0.39, 0.29) is 23.8 Å². The first-order chi connectivity index (χ1) is 10.5. The van der Waals surface area contributed by atoms with Gasteiger partial charge in [0.05, 0.1) is 14.2 Å². The van der Waals surface area contributed by atoms with Crippen LogP contribution in [0.4, 0.5) is 0 Å². The fraction of sp³-hybridized carbons (Fsp3) is 0.444. The summed E-state index contributed by atoms with van der Waals surface area (Å²) in [5.74, 6) is -0.746. The summed E-state index contributed by atoms with van der Waals surface area (Å²) in [5.41, 5.74) is 2.10. The molecule has 0 fully saturated rings. The normalized spacial score (nSPS) is 31.5. The van der Waals surface area contributed by atoms with Crippen LogP contribution in [-0.4, -0.2) is 26.2 Å². The second-order valence-corrected chi connectivity index (χ2v) is 6.11. The first-order valence-corrected chi connectivity index (χ1v) is 7.48. The lowest BCUT2D eigenvalue weighted by Gasteiger charge is -2.35. The zero-order valence-electron chi connectivity index (χ0n) is 13.3. The minimum Gasteiger partial charge on any atom is -0.468 e. The summed E-state index contributed by atoms with van der Waals surface area (Å²) < 4.78 is 10.0. The standard InChI is InChI=1S/C18H20O4/c1-10-11(2)18(17(20)22-4)9-8-14(16(19)21-3)13-7-5-6-12(10)15(13)18/h5-11,14H,1-4H3/t10-,11-,14-,18+/m1/s1. The van der Waals surface area contributed by atoms with Gasteiger partial charge in [-0.3, -0.25) is 9.59 Å². The third-order valence-corrected chi connectivity index (χ3v) is 5.37. The van der Waals surface area contributed by atoms with E-state index in [0.29, 0.717) is 0 Å². The Balaban J connectivity index is 2.30. The van der Waals surface area contributed by atoms with E-state index >= 15 is 0 Å². The zero-order valence-corrected chi connectivity index (χ0v) is 13.3. The topological polar surface area (TPSA) is 52.6 Å². The van der Waals surface area contributed by atoms with Crippen molar-refractivity contribution in [1.29, 1.82) is 0 Å². The van der Waals surface area contributed by atoms with Crippen LogP contribution in [0.25, 0.3) is 0 Å². The van der Waals surface area contributed by atoms with Crippen molar-refractivity contribution >= 4 is 11.9 Å². The van der Waals surface area contributed by atoms with E-state index in [0.717, 1.165) is 16.7 Å². The molecular formula is C18H20O4. The lowest BCUT2D eigenvalue weighted by Crippen LogP contribution is -2.41. The fourth-order valence-corrected chi connectivity index (χ4v) is 4.04. The highest BCUT2D eigenvalue weighted by Crippen LogP contribution is 2.56. The van der Waals surface area contributed by atoms with Crippen molar-refractivity contribution in [1.82, 2.24) is 0 Å². The first-order valence-electron chi connectivity index (χ1n) is 7.48. The minimum absolute atomic E-state index is 0.0750. The van der Waals surface area contributed by atoms with Gasteiger partial charge in [-0.2, -0.15) is 0 Å². The molecule has 0 spiro atoms. The molecule has 2 aliphatic carbocycles. The summed E-state index contributed by atoms with van der Waals surface area (Å²) in [6, 6.07) is 5.89. The molecule has 0 N–H and O–H groups in total. The molecule has 0 unspecified atom stereocenters. The van der Waals surface area contributed by atoms with Crippen molar-refractivity contribution in [3.8, 4) is 0 Å². The van der Waals surface area contributed by atoms with Gasteiger partial charge in [-0.25, -0.2) is 0 Å². The van der Waals surface area contributed by atoms with E-state index in [1.165, 1.54) is 14.2 Å². The molecule has 116 valence electrons. The summed E-state index contributed by atoms with van der Waals surface area (Å²) in [4.78, 5) is 24.7. The van der Waals surface area contributed by atoms with Crippen LogP contribution in [0.3, 0.4) is 0 Å². The van der Waals surface area contributed by atoms with Gasteiger partial charge >= 0.3 is 11.9 Å². The largest absolute Gasteiger partial charge is 0.468 e. The molecule has 4 heteroatoms. The Bertz CT molecular complexity index is 676. The number of benzene rings is 1. The molecule has 0 heterocycles. The van der Waals surface area contributed by atoms with Crippen molar-refractivity contribution in [3.05, 3.63) is 47.0 Å². The molecule has 0 aromatic heterocycles. The number of carbonyl (C=O) groups excluding carboxylic acids is 2. The highest BCUT2D eigenvalue weighted by molar-refractivity contribution is 5.93. The number of esters is 2. The number of hydrogen-bond donors (Lipinski definition) is 0. The van der Waals surface area contributed by atoms with Crippen LogP contribution in [0, 0.1) is 5.92 Å². The maximum absolute atomic E-state index is 12.6. The minimum atomic E-state index is -0.801. The highest BCUT2D eigenvalue weighted by atomic mass is 16.5. The number of ether oxygens (including phenoxy) is 2. The average molecular weight is 300 g/mol. The Morgan fingerprint density at radius 2 is 1.77 bits per heavy atom. The second-order valence-electron chi connectivity index (χ2n) is 6.11. The molecule has 0 amide bonds. The maximum Gasteiger partial charge on any atom is 0.320 e. The van der Waals surface area contributed by atoms with E-state index in [1.54, 1.807) is 6.08 Å². The number of rotatable bonds is 2. The van der Waals surface area contributed by atoms with Crippen LogP contribution in [-0.2, 0) is 24.5 Å². The SMILES string of the molecule is COC(=O)[C@@H]1C=C[C@@]2(C(=O)OC)c3c1cccc3[C@H](C)[C@H]2C. The molecule has 4 atom stereocenters. The molecule has 0 radical (unpaired) electrons. The number of hydrogen-bond acceptors (Lipinski definition) is 4. The Morgan fingerprint density at radius 3 is 2.41 bits per heavy atom. The molecule has 0 saturated carbocycles. The summed E-state index contributed by atoms with van der Waals surface area (Å²) in [6.45, 7) is 4.18. The van der Waals surface area contributed by atoms with Gasteiger partial charge in [0, 0.05) is 0 Å². The number of methoxy groups -OCH3 is 2. The van der Waals surface area contributed by atoms with Crippen molar-refractivity contribution < 1.29 is 19.1 Å². The van der Waals surface area contributed by atoms with Crippen LogP contribution in [0.15, 0.2) is 30.4 Å². The number of carbonyl (C=O) groups is 2. The van der Waals surface area contributed by atoms with Gasteiger partial charge in [0.15, 0.2) is 0 Å². The van der Waals surface area contributed by atoms with Crippen LogP contribution >= 0.6 is 0 Å². The fourth-order valence-electron chi connectivity index (χ4n) is 4.04. The molecule has 3 rings (SSSR count). The molecule has 22 heavy (non-hydrogen) atoms. The van der Waals surface area contributed by atoms with Crippen molar-refractivity contribution in [2.24, 2.45) is 5.92 Å². The Hall–Kier alpha value is -2.10. The summed E-state index contributed by atoms with van der Waals surface area (Å²) in [6.07, 6.45) is 3.63. The van der Waals surface area contributed by atoms with Gasteiger partial charge in [-0.05, 0) is 28.5 Å². The van der Waals surface area contributed by atoms with E-state index in [1.807, 2.05) is 24.3 Å². The molecular weight excluding hydrogens is 280 g/mol. The van der Waals surface area contributed by atoms with Crippen molar-refractivity contribution in [2.45, 2.75) is 31.1 Å². The third kappa shape index (κ3) is 1.64. The quantitative estimate of drug-likeness (QED) is 0.622. The van der Waals surface area contributed by atoms with Crippen LogP contribution in [0.2, 0.25) is 0 Å². The molecule has 4 nitrogen and oxygen atoms in total. The van der Waals surface area contributed by atoms with Crippen LogP contribution in [0.5, 0.6) is 0 Å². The van der Waals surface area contributed by atoms with Crippen LogP contribution in [0.1, 0.15) is 42.4 Å². The predicted octanol–water partition coefficient (Wildman–Crippen LogP) is 2.68. The van der Waals surface area contributed by atoms with Gasteiger partial charge in [-0.15, -0.1) is 0 Å². The Kier molecular flexibility index (Phi) is 3.35. The molecule has 2 aliphatic rings. The Labute approximate surface area is 130 Å². The monoisotopic (exact) mass is 300 g/mol. The van der Waals surface area contributed by atoms with E-state index < -0.39 is 11.3 Å². The summed E-state index contributed by atoms with van der Waals surface area (Å²) >= 11 is 0. The summed E-state index contributed by atoms with van der Waals surface area (Å²) in [5, 5.41) is 0. The lowest BCUT2D eigenvalue weighted by molar-refractivity contribution is -0.148. The van der Waals surface area contributed by atoms with Gasteiger partial charge in [0.1, 0.15) is 11.3 Å².